The van der Waals surface area contributed by atoms with Gasteiger partial charge in [0.1, 0.15) is 36.3 Å². The molecule has 3 nitrogen and oxygen atoms in total. The largest absolute Gasteiger partial charge is 0.490 e. The Balaban J connectivity index is 1.66. The van der Waals surface area contributed by atoms with Gasteiger partial charge in [0.2, 0.25) is 0 Å². The zero-order valence-electron chi connectivity index (χ0n) is 13.9. The second kappa shape index (κ2) is 8.03. The van der Waals surface area contributed by atoms with Crippen LogP contribution in [-0.2, 0) is 6.42 Å². The van der Waals surface area contributed by atoms with Crippen LogP contribution in [0.1, 0.15) is 11.1 Å². The molecule has 0 atom stereocenters. The highest BCUT2D eigenvalue weighted by Gasteiger charge is 2.08. The number of benzene rings is 3. The zero-order chi connectivity index (χ0) is 17.5. The van der Waals surface area contributed by atoms with Crippen LogP contribution in [0.15, 0.2) is 73.3 Å². The van der Waals surface area contributed by atoms with Crippen molar-refractivity contribution in [1.29, 1.82) is 5.26 Å². The van der Waals surface area contributed by atoms with E-state index in [9.17, 15) is 5.26 Å². The van der Waals surface area contributed by atoms with Crippen molar-refractivity contribution in [3.63, 3.8) is 0 Å². The van der Waals surface area contributed by atoms with Crippen LogP contribution >= 0.6 is 0 Å². The molecular weight excluding hydrogens is 310 g/mol. The fraction of sp³-hybridized carbons (Fsp3) is 0.136. The number of hydrogen-bond acceptors (Lipinski definition) is 3. The Morgan fingerprint density at radius 3 is 2.40 bits per heavy atom. The summed E-state index contributed by atoms with van der Waals surface area (Å²) in [5.41, 5.74) is 1.66. The third-order valence-corrected chi connectivity index (χ3v) is 3.94. The summed E-state index contributed by atoms with van der Waals surface area (Å²) in [5, 5.41) is 11.4. The standard InChI is InChI=1S/C22H19NO2/c1-2-7-18-9-4-6-11-21(18)24-14-15-25-22-13-12-17-8-3-5-10-19(17)20(22)16-23/h2-6,8-13H,1,7,14-15H2. The molecule has 3 heteroatoms. The van der Waals surface area contributed by atoms with Crippen LogP contribution in [0.25, 0.3) is 10.8 Å². The van der Waals surface area contributed by atoms with Gasteiger partial charge in [-0.05, 0) is 29.5 Å². The number of nitrogens with zero attached hydrogens (tertiary/aromatic N) is 1. The maximum Gasteiger partial charge on any atom is 0.137 e. The van der Waals surface area contributed by atoms with E-state index in [4.69, 9.17) is 9.47 Å². The van der Waals surface area contributed by atoms with Gasteiger partial charge < -0.3 is 9.47 Å². The van der Waals surface area contributed by atoms with E-state index in [0.29, 0.717) is 24.5 Å². The molecule has 0 bridgehead atoms. The predicted octanol–water partition coefficient (Wildman–Crippen LogP) is 4.90. The minimum Gasteiger partial charge on any atom is -0.490 e. The molecule has 0 unspecified atom stereocenters. The van der Waals surface area contributed by atoms with Crippen molar-refractivity contribution in [2.45, 2.75) is 6.42 Å². The van der Waals surface area contributed by atoms with Crippen LogP contribution in [0.5, 0.6) is 11.5 Å². The first-order chi connectivity index (χ1) is 12.3. The van der Waals surface area contributed by atoms with E-state index in [-0.39, 0.29) is 0 Å². The number of para-hydroxylation sites is 1. The smallest absolute Gasteiger partial charge is 0.137 e. The van der Waals surface area contributed by atoms with Crippen LogP contribution in [0.4, 0.5) is 0 Å². The molecule has 0 aliphatic carbocycles. The average Bonchev–Trinajstić information content (AvgIpc) is 2.66. The van der Waals surface area contributed by atoms with Crippen LogP contribution in [0, 0.1) is 11.3 Å². The molecule has 0 saturated carbocycles. The van der Waals surface area contributed by atoms with Crippen molar-refractivity contribution in [2.24, 2.45) is 0 Å². The van der Waals surface area contributed by atoms with Crippen LogP contribution < -0.4 is 9.47 Å². The van der Waals surface area contributed by atoms with Crippen molar-refractivity contribution in [1.82, 2.24) is 0 Å². The summed E-state index contributed by atoms with van der Waals surface area (Å²) in [6.07, 6.45) is 2.62. The van der Waals surface area contributed by atoms with Gasteiger partial charge in [0.15, 0.2) is 0 Å². The molecule has 0 aliphatic rings. The second-order valence-corrected chi connectivity index (χ2v) is 5.57. The summed E-state index contributed by atoms with van der Waals surface area (Å²) >= 11 is 0. The van der Waals surface area contributed by atoms with Crippen LogP contribution in [0.2, 0.25) is 0 Å². The Kier molecular flexibility index (Phi) is 5.33. The van der Waals surface area contributed by atoms with E-state index in [0.717, 1.165) is 28.5 Å². The number of nitriles is 1. The highest BCUT2D eigenvalue weighted by atomic mass is 16.5. The third kappa shape index (κ3) is 3.81. The van der Waals surface area contributed by atoms with Gasteiger partial charge in [-0.15, -0.1) is 6.58 Å². The fourth-order valence-electron chi connectivity index (χ4n) is 2.76. The molecule has 3 rings (SSSR count). The summed E-state index contributed by atoms with van der Waals surface area (Å²) in [7, 11) is 0. The highest BCUT2D eigenvalue weighted by molar-refractivity contribution is 5.90. The molecule has 0 fully saturated rings. The van der Waals surface area contributed by atoms with Gasteiger partial charge in [-0.2, -0.15) is 5.26 Å². The highest BCUT2D eigenvalue weighted by Crippen LogP contribution is 2.27. The number of fused-ring (bicyclic) bond motifs is 1. The normalized spacial score (nSPS) is 10.2. The molecule has 3 aromatic carbocycles. The lowest BCUT2D eigenvalue weighted by Crippen LogP contribution is -2.10. The van der Waals surface area contributed by atoms with E-state index < -0.39 is 0 Å². The van der Waals surface area contributed by atoms with Crippen LogP contribution in [0.3, 0.4) is 0 Å². The number of allylic oxidation sites excluding steroid dienone is 1. The third-order valence-electron chi connectivity index (χ3n) is 3.94. The van der Waals surface area contributed by atoms with Gasteiger partial charge in [0.25, 0.3) is 0 Å². The fourth-order valence-corrected chi connectivity index (χ4v) is 2.76. The summed E-state index contributed by atoms with van der Waals surface area (Å²) in [4.78, 5) is 0. The summed E-state index contributed by atoms with van der Waals surface area (Å²) in [5.74, 6) is 1.43. The minimum atomic E-state index is 0.370. The first-order valence-corrected chi connectivity index (χ1v) is 8.19. The van der Waals surface area contributed by atoms with Crippen molar-refractivity contribution in [2.75, 3.05) is 13.2 Å². The molecule has 0 aromatic heterocycles. The van der Waals surface area contributed by atoms with Crippen molar-refractivity contribution >= 4 is 10.8 Å². The van der Waals surface area contributed by atoms with Crippen molar-refractivity contribution < 1.29 is 9.47 Å². The number of ether oxygens (including phenoxy) is 2. The van der Waals surface area contributed by atoms with Gasteiger partial charge >= 0.3 is 0 Å². The van der Waals surface area contributed by atoms with Gasteiger partial charge in [-0.1, -0.05) is 54.6 Å². The number of rotatable bonds is 7. The van der Waals surface area contributed by atoms with Crippen molar-refractivity contribution in [3.8, 4) is 17.6 Å². The van der Waals surface area contributed by atoms with E-state index in [2.05, 4.69) is 12.6 Å². The monoisotopic (exact) mass is 329 g/mol. The SMILES string of the molecule is C=CCc1ccccc1OCCOc1ccc2ccccc2c1C#N. The van der Waals surface area contributed by atoms with Gasteiger partial charge in [0.05, 0.1) is 0 Å². The predicted molar refractivity (Wildman–Crippen MR) is 100.0 cm³/mol. The molecular formula is C22H19NO2. The first kappa shape index (κ1) is 16.6. The Morgan fingerprint density at radius 2 is 1.60 bits per heavy atom. The molecule has 0 radical (unpaired) electrons. The van der Waals surface area contributed by atoms with E-state index in [1.54, 1.807) is 0 Å². The molecule has 3 aromatic rings. The number of hydrogen-bond donors (Lipinski definition) is 0. The molecule has 0 spiro atoms. The summed E-state index contributed by atoms with van der Waals surface area (Å²) in [6.45, 7) is 4.55. The molecule has 25 heavy (non-hydrogen) atoms. The lowest BCUT2D eigenvalue weighted by Gasteiger charge is -2.12. The Hall–Kier alpha value is -3.25. The Labute approximate surface area is 147 Å². The molecule has 0 heterocycles. The average molecular weight is 329 g/mol. The van der Waals surface area contributed by atoms with Gasteiger partial charge in [-0.3, -0.25) is 0 Å². The minimum absolute atomic E-state index is 0.370. The first-order valence-electron chi connectivity index (χ1n) is 8.19. The van der Waals surface area contributed by atoms with Gasteiger partial charge in [0, 0.05) is 5.39 Å². The lowest BCUT2D eigenvalue weighted by atomic mass is 10.0. The van der Waals surface area contributed by atoms with Crippen molar-refractivity contribution in [3.05, 3.63) is 84.4 Å². The van der Waals surface area contributed by atoms with E-state index in [1.807, 2.05) is 66.7 Å². The summed E-state index contributed by atoms with van der Waals surface area (Å²) in [6, 6.07) is 21.7. The zero-order valence-corrected chi connectivity index (χ0v) is 13.9. The molecule has 0 amide bonds. The van der Waals surface area contributed by atoms with E-state index >= 15 is 0 Å². The maximum atomic E-state index is 9.48. The van der Waals surface area contributed by atoms with Crippen LogP contribution in [-0.4, -0.2) is 13.2 Å². The lowest BCUT2D eigenvalue weighted by molar-refractivity contribution is 0.216. The van der Waals surface area contributed by atoms with E-state index in [1.165, 1.54) is 0 Å². The second-order valence-electron chi connectivity index (χ2n) is 5.57. The Bertz CT molecular complexity index is 925. The summed E-state index contributed by atoms with van der Waals surface area (Å²) < 4.78 is 11.6. The Morgan fingerprint density at radius 1 is 0.880 bits per heavy atom. The molecule has 0 aliphatic heterocycles. The molecule has 0 N–H and O–H groups in total. The molecule has 124 valence electrons. The topological polar surface area (TPSA) is 42.2 Å². The molecule has 0 saturated heterocycles. The quantitative estimate of drug-likeness (QED) is 0.457. The van der Waals surface area contributed by atoms with Gasteiger partial charge in [-0.25, -0.2) is 0 Å². The maximum absolute atomic E-state index is 9.48.